The van der Waals surface area contributed by atoms with Crippen molar-refractivity contribution >= 4 is 34.0 Å². The van der Waals surface area contributed by atoms with Gasteiger partial charge in [-0.3, -0.25) is 14.6 Å². The van der Waals surface area contributed by atoms with E-state index in [-0.39, 0.29) is 30.3 Å². The van der Waals surface area contributed by atoms with Gasteiger partial charge in [0.1, 0.15) is 17.0 Å². The highest BCUT2D eigenvalue weighted by Gasteiger charge is 2.16. The van der Waals surface area contributed by atoms with E-state index in [4.69, 9.17) is 21.7 Å². The number of hydrazine groups is 1. The minimum Gasteiger partial charge on any atom is -0.495 e. The Labute approximate surface area is 201 Å². The summed E-state index contributed by atoms with van der Waals surface area (Å²) in [7, 11) is 1.46. The van der Waals surface area contributed by atoms with Crippen molar-refractivity contribution in [2.45, 2.75) is 19.4 Å². The second-order valence-corrected chi connectivity index (χ2v) is 7.85. The number of nitrogens with zero attached hydrogens (tertiary/aromatic N) is 2. The van der Waals surface area contributed by atoms with Gasteiger partial charge < -0.3 is 31.5 Å². The molecule has 33 heavy (non-hydrogen) atoms. The maximum absolute atomic E-state index is 12.4. The van der Waals surface area contributed by atoms with E-state index in [1.807, 2.05) is 24.3 Å². The number of nitrogens with one attached hydrogen (secondary N) is 3. The van der Waals surface area contributed by atoms with Gasteiger partial charge in [0.05, 0.1) is 24.2 Å². The molecule has 2 amide bonds. The summed E-state index contributed by atoms with van der Waals surface area (Å²) in [6, 6.07) is 7.01. The van der Waals surface area contributed by atoms with Gasteiger partial charge in [-0.1, -0.05) is 31.2 Å². The topological polar surface area (TPSA) is 159 Å². The number of hydrogen-bond donors (Lipinski definition) is 5. The first kappa shape index (κ1) is 25.8. The lowest BCUT2D eigenvalue weighted by molar-refractivity contribution is -0.118. The number of pyridine rings is 1. The van der Waals surface area contributed by atoms with E-state index in [2.05, 4.69) is 38.5 Å². The van der Waals surface area contributed by atoms with Crippen LogP contribution in [0.2, 0.25) is 0 Å². The van der Waals surface area contributed by atoms with Crippen molar-refractivity contribution in [2.24, 2.45) is 11.6 Å². The molecule has 1 aromatic carbocycles. The summed E-state index contributed by atoms with van der Waals surface area (Å²) in [5, 5.41) is 14.2. The van der Waals surface area contributed by atoms with Crippen LogP contribution in [-0.2, 0) is 11.2 Å². The quantitative estimate of drug-likeness (QED) is 0.131. The van der Waals surface area contributed by atoms with Crippen LogP contribution in [0, 0.1) is 5.41 Å². The maximum atomic E-state index is 12.4. The Hall–Kier alpha value is -3.44. The molecule has 0 saturated carbocycles. The monoisotopic (exact) mass is 517 g/mol. The van der Waals surface area contributed by atoms with Gasteiger partial charge in [0, 0.05) is 31.4 Å². The lowest BCUT2D eigenvalue weighted by Gasteiger charge is -2.18. The average Bonchev–Trinajstić information content (AvgIpc) is 2.82. The van der Waals surface area contributed by atoms with Crippen LogP contribution in [0.3, 0.4) is 0 Å². The molecule has 11 heteroatoms. The molecule has 176 valence electrons. The van der Waals surface area contributed by atoms with Crippen molar-refractivity contribution in [3.63, 3.8) is 0 Å². The summed E-state index contributed by atoms with van der Waals surface area (Å²) in [6.07, 6.45) is 6.23. The highest BCUT2D eigenvalue weighted by atomic mass is 79.9. The molecule has 2 rings (SSSR count). The van der Waals surface area contributed by atoms with Crippen molar-refractivity contribution in [3.8, 4) is 5.75 Å². The molecular weight excluding hydrogens is 490 g/mol. The number of nitrogens with two attached hydrogens (primary N) is 2. The molecule has 1 heterocycles. The van der Waals surface area contributed by atoms with Gasteiger partial charge in [-0.05, 0) is 33.5 Å². The number of aryl methyl sites for hydroxylation is 1. The number of carbonyl (C=O) groups excluding carboxylic acids is 2. The van der Waals surface area contributed by atoms with Crippen molar-refractivity contribution in [1.82, 2.24) is 20.6 Å². The molecule has 0 radical (unpaired) electrons. The van der Waals surface area contributed by atoms with Crippen LogP contribution >= 0.6 is 15.9 Å². The minimum atomic E-state index is -0.616. The molecule has 1 aromatic heterocycles. The largest absolute Gasteiger partial charge is 0.495 e. The Morgan fingerprint density at radius 3 is 2.61 bits per heavy atom. The van der Waals surface area contributed by atoms with E-state index < -0.39 is 11.9 Å². The second kappa shape index (κ2) is 12.6. The summed E-state index contributed by atoms with van der Waals surface area (Å²) >= 11 is 3.28. The zero-order chi connectivity index (χ0) is 24.4. The molecule has 0 bridgehead atoms. The number of rotatable bonds is 11. The van der Waals surface area contributed by atoms with Gasteiger partial charge >= 0.3 is 0 Å². The molecule has 2 aromatic rings. The van der Waals surface area contributed by atoms with Crippen LogP contribution in [0.4, 0.5) is 0 Å². The molecule has 0 saturated heterocycles. The Bertz CT molecular complexity index is 1010. The minimum absolute atomic E-state index is 0.126. The number of carbonyl (C=O) groups is 2. The maximum Gasteiger partial charge on any atom is 0.269 e. The standard InChI is InChI=1S/C22H28BrN7O3/c1-3-14-4-6-15(7-5-14)19(10-24)29-22(32)18(25)13-30(26)9-8-28-21(31)16-11-27-12-17(23)20(16)33-2/h4-7,10-13,19,24H,3,8-9,25-26H2,1-2H3,(H,28,31)(H,29,32)/b18-13-,24-10?. The Balaban J connectivity index is 1.90. The summed E-state index contributed by atoms with van der Waals surface area (Å²) in [6.45, 7) is 2.42. The fourth-order valence-electron chi connectivity index (χ4n) is 2.89. The predicted octanol–water partition coefficient (Wildman–Crippen LogP) is 1.63. The lowest BCUT2D eigenvalue weighted by Crippen LogP contribution is -2.38. The molecule has 0 aliphatic heterocycles. The van der Waals surface area contributed by atoms with E-state index in [0.29, 0.717) is 10.2 Å². The number of amides is 2. The van der Waals surface area contributed by atoms with Crippen LogP contribution in [0.1, 0.15) is 34.5 Å². The van der Waals surface area contributed by atoms with Gasteiger partial charge in [-0.25, -0.2) is 5.84 Å². The average molecular weight is 518 g/mol. The van der Waals surface area contributed by atoms with E-state index in [1.54, 1.807) is 0 Å². The van der Waals surface area contributed by atoms with E-state index in [1.165, 1.54) is 30.7 Å². The molecule has 7 N–H and O–H groups in total. The Morgan fingerprint density at radius 1 is 1.30 bits per heavy atom. The molecule has 0 aliphatic carbocycles. The Kier molecular flexibility index (Phi) is 9.83. The summed E-state index contributed by atoms with van der Waals surface area (Å²) in [5.41, 5.74) is 7.94. The first-order valence-corrected chi connectivity index (χ1v) is 10.9. The van der Waals surface area contributed by atoms with Crippen LogP contribution in [0.5, 0.6) is 5.75 Å². The third-order valence-corrected chi connectivity index (χ3v) is 5.29. The summed E-state index contributed by atoms with van der Waals surface area (Å²) in [5.74, 6) is 5.31. The van der Waals surface area contributed by atoms with Crippen LogP contribution in [0.15, 0.2) is 53.0 Å². The van der Waals surface area contributed by atoms with Crippen LogP contribution in [-0.4, -0.2) is 48.2 Å². The first-order chi connectivity index (χ1) is 15.8. The number of hydrogen-bond acceptors (Lipinski definition) is 8. The van der Waals surface area contributed by atoms with Crippen molar-refractivity contribution in [2.75, 3.05) is 20.2 Å². The van der Waals surface area contributed by atoms with Gasteiger partial charge in [-0.2, -0.15) is 0 Å². The van der Waals surface area contributed by atoms with Gasteiger partial charge in [0.2, 0.25) is 0 Å². The smallest absolute Gasteiger partial charge is 0.269 e. The van der Waals surface area contributed by atoms with Crippen LogP contribution in [0.25, 0.3) is 0 Å². The van der Waals surface area contributed by atoms with E-state index >= 15 is 0 Å². The second-order valence-electron chi connectivity index (χ2n) is 6.99. The number of halogens is 1. The van der Waals surface area contributed by atoms with E-state index in [9.17, 15) is 9.59 Å². The Morgan fingerprint density at radius 2 is 2.00 bits per heavy atom. The summed E-state index contributed by atoms with van der Waals surface area (Å²) in [4.78, 5) is 28.8. The number of methoxy groups -OCH3 is 1. The zero-order valence-electron chi connectivity index (χ0n) is 18.5. The van der Waals surface area contributed by atoms with Gasteiger partial charge in [0.25, 0.3) is 11.8 Å². The zero-order valence-corrected chi connectivity index (χ0v) is 20.1. The molecule has 0 aliphatic rings. The lowest BCUT2D eigenvalue weighted by atomic mass is 10.0. The third kappa shape index (κ3) is 7.29. The molecular formula is C22H28BrN7O3. The van der Waals surface area contributed by atoms with Crippen LogP contribution < -0.4 is 26.9 Å². The molecule has 10 nitrogen and oxygen atoms in total. The number of ether oxygens (including phenoxy) is 1. The third-order valence-electron chi connectivity index (χ3n) is 4.72. The fraction of sp³-hybridized carbons (Fsp3) is 0.273. The highest BCUT2D eigenvalue weighted by molar-refractivity contribution is 9.10. The normalized spacial score (nSPS) is 11.9. The number of aromatic nitrogens is 1. The highest BCUT2D eigenvalue weighted by Crippen LogP contribution is 2.27. The van der Waals surface area contributed by atoms with Crippen molar-refractivity contribution < 1.29 is 14.3 Å². The molecule has 0 spiro atoms. The van der Waals surface area contributed by atoms with Crippen molar-refractivity contribution in [1.29, 1.82) is 5.41 Å². The molecule has 0 fully saturated rings. The summed E-state index contributed by atoms with van der Waals surface area (Å²) < 4.78 is 5.78. The fourth-order valence-corrected chi connectivity index (χ4v) is 3.39. The van der Waals surface area contributed by atoms with Gasteiger partial charge in [0.15, 0.2) is 0 Å². The van der Waals surface area contributed by atoms with Gasteiger partial charge in [-0.15, -0.1) is 0 Å². The SMILES string of the molecule is CCc1ccc(C(C=N)NC(=O)/C(N)=C/N(N)CCNC(=O)c2cncc(Br)c2OC)cc1. The molecule has 1 unspecified atom stereocenters. The first-order valence-electron chi connectivity index (χ1n) is 10.1. The van der Waals surface area contributed by atoms with Crippen molar-refractivity contribution in [3.05, 3.63) is 69.7 Å². The molecule has 1 atom stereocenters. The predicted molar refractivity (Wildman–Crippen MR) is 129 cm³/mol. The van der Waals surface area contributed by atoms with E-state index in [0.717, 1.165) is 23.8 Å². The number of benzene rings is 1.